The van der Waals surface area contributed by atoms with Crippen LogP contribution in [-0.2, 0) is 0 Å². The molecular weight excluding hydrogens is 290 g/mol. The molecule has 0 spiro atoms. The molecule has 2 aromatic heterocycles. The number of H-pyrrole nitrogens is 1. The number of rotatable bonds is 1. The summed E-state index contributed by atoms with van der Waals surface area (Å²) in [5.74, 6) is -1.08. The van der Waals surface area contributed by atoms with Crippen LogP contribution in [0.15, 0.2) is 36.4 Å². The van der Waals surface area contributed by atoms with Crippen LogP contribution in [0.5, 0.6) is 0 Å². The predicted molar refractivity (Wildman–Crippen MR) is 80.9 cm³/mol. The Kier molecular flexibility index (Phi) is 2.40. The van der Waals surface area contributed by atoms with Crippen molar-refractivity contribution in [1.29, 1.82) is 0 Å². The first kappa shape index (κ1) is 12.1. The molecule has 0 aliphatic heterocycles. The minimum absolute atomic E-state index is 0.0468. The molecule has 0 unspecified atom stereocenters. The number of para-hydroxylation sites is 1. The van der Waals surface area contributed by atoms with Crippen molar-refractivity contribution in [2.24, 2.45) is 0 Å². The molecule has 4 rings (SSSR count). The normalized spacial score (nSPS) is 11.5. The molecular formula is C15H8ClN3O2. The number of nitrogens with zero attached hydrogens (tertiary/aromatic N) is 2. The molecule has 0 fully saturated rings. The summed E-state index contributed by atoms with van der Waals surface area (Å²) in [5, 5.41) is 10.6. The van der Waals surface area contributed by atoms with Crippen LogP contribution in [0.25, 0.3) is 33.1 Å². The molecule has 2 aromatic carbocycles. The molecule has 4 aromatic rings. The summed E-state index contributed by atoms with van der Waals surface area (Å²) in [6, 6.07) is 10.7. The van der Waals surface area contributed by atoms with Gasteiger partial charge in [0.1, 0.15) is 11.0 Å². The van der Waals surface area contributed by atoms with E-state index in [1.165, 1.54) is 6.07 Å². The maximum Gasteiger partial charge on any atom is 0.338 e. The summed E-state index contributed by atoms with van der Waals surface area (Å²) in [6.45, 7) is 0. The first-order chi connectivity index (χ1) is 10.1. The molecule has 0 amide bonds. The molecule has 0 radical (unpaired) electrons. The van der Waals surface area contributed by atoms with Gasteiger partial charge in [0.2, 0.25) is 0 Å². The van der Waals surface area contributed by atoms with Crippen LogP contribution < -0.4 is 0 Å². The van der Waals surface area contributed by atoms with Crippen LogP contribution in [0, 0.1) is 0 Å². The number of aromatic amines is 1. The minimum atomic E-state index is -1.08. The average Bonchev–Trinajstić information content (AvgIpc) is 2.81. The average molecular weight is 298 g/mol. The molecule has 5 nitrogen and oxygen atoms in total. The molecule has 6 heteroatoms. The molecule has 2 N–H and O–H groups in total. The molecule has 0 saturated carbocycles. The molecule has 102 valence electrons. The topological polar surface area (TPSA) is 78.9 Å². The highest BCUT2D eigenvalue weighted by Gasteiger charge is 2.15. The second-order valence-corrected chi connectivity index (χ2v) is 5.15. The quantitative estimate of drug-likeness (QED) is 0.562. The standard InChI is InChI=1S/C15H8ClN3O2/c16-7-5-9(15(20)21)12-11(6-7)17-13-8-3-1-2-4-10(8)18-14(13)19-12/h1-6H,(H,18,19)(H,20,21). The molecule has 0 atom stereocenters. The zero-order valence-electron chi connectivity index (χ0n) is 10.6. The van der Waals surface area contributed by atoms with Crippen molar-refractivity contribution >= 4 is 50.7 Å². The zero-order chi connectivity index (χ0) is 14.6. The van der Waals surface area contributed by atoms with Gasteiger partial charge in [-0.25, -0.2) is 14.8 Å². The number of carbonyl (C=O) groups is 1. The molecule has 0 saturated heterocycles. The number of nitrogens with one attached hydrogen (secondary N) is 1. The second kappa shape index (κ2) is 4.17. The van der Waals surface area contributed by atoms with Gasteiger partial charge in [0.05, 0.1) is 11.1 Å². The summed E-state index contributed by atoms with van der Waals surface area (Å²) in [6.07, 6.45) is 0. The van der Waals surface area contributed by atoms with Crippen LogP contribution in [0.1, 0.15) is 10.4 Å². The smallest absolute Gasteiger partial charge is 0.338 e. The highest BCUT2D eigenvalue weighted by molar-refractivity contribution is 6.32. The number of aromatic nitrogens is 3. The number of hydrogen-bond acceptors (Lipinski definition) is 3. The largest absolute Gasteiger partial charge is 0.478 e. The van der Waals surface area contributed by atoms with E-state index in [-0.39, 0.29) is 5.56 Å². The van der Waals surface area contributed by atoms with E-state index in [0.29, 0.717) is 27.2 Å². The van der Waals surface area contributed by atoms with Crippen LogP contribution >= 0.6 is 11.6 Å². The second-order valence-electron chi connectivity index (χ2n) is 4.72. The first-order valence-electron chi connectivity index (χ1n) is 6.24. The van der Waals surface area contributed by atoms with E-state index >= 15 is 0 Å². The summed E-state index contributed by atoms with van der Waals surface area (Å²) >= 11 is 5.97. The molecule has 0 aliphatic carbocycles. The van der Waals surface area contributed by atoms with Crippen molar-refractivity contribution in [3.8, 4) is 0 Å². The number of fused-ring (bicyclic) bond motifs is 4. The fraction of sp³-hybridized carbons (Fsp3) is 0. The Balaban J connectivity index is 2.21. The van der Waals surface area contributed by atoms with E-state index in [9.17, 15) is 9.90 Å². The van der Waals surface area contributed by atoms with Crippen LogP contribution in [0.4, 0.5) is 0 Å². The van der Waals surface area contributed by atoms with Gasteiger partial charge in [0.15, 0.2) is 5.65 Å². The van der Waals surface area contributed by atoms with E-state index < -0.39 is 5.97 Å². The van der Waals surface area contributed by atoms with Gasteiger partial charge in [0, 0.05) is 15.9 Å². The third-order valence-electron chi connectivity index (χ3n) is 3.40. The third-order valence-corrected chi connectivity index (χ3v) is 3.62. The van der Waals surface area contributed by atoms with Gasteiger partial charge in [-0.1, -0.05) is 29.8 Å². The number of carboxylic acids is 1. The third kappa shape index (κ3) is 1.75. The lowest BCUT2D eigenvalue weighted by Gasteiger charge is -2.02. The zero-order valence-corrected chi connectivity index (χ0v) is 11.3. The van der Waals surface area contributed by atoms with Crippen molar-refractivity contribution in [2.45, 2.75) is 0 Å². The number of aromatic carboxylic acids is 1. The van der Waals surface area contributed by atoms with Crippen LogP contribution in [-0.4, -0.2) is 26.0 Å². The monoisotopic (exact) mass is 297 g/mol. The predicted octanol–water partition coefficient (Wildman–Crippen LogP) is 3.62. The maximum absolute atomic E-state index is 11.3. The highest BCUT2D eigenvalue weighted by Crippen LogP contribution is 2.27. The Hall–Kier alpha value is -2.66. The van der Waals surface area contributed by atoms with Gasteiger partial charge in [-0.2, -0.15) is 0 Å². The number of halogens is 1. The molecule has 2 heterocycles. The minimum Gasteiger partial charge on any atom is -0.478 e. The highest BCUT2D eigenvalue weighted by atomic mass is 35.5. The van der Waals surface area contributed by atoms with Crippen molar-refractivity contribution in [1.82, 2.24) is 15.0 Å². The van der Waals surface area contributed by atoms with Crippen molar-refractivity contribution in [2.75, 3.05) is 0 Å². The lowest BCUT2D eigenvalue weighted by Crippen LogP contribution is -2.00. The lowest BCUT2D eigenvalue weighted by atomic mass is 10.1. The summed E-state index contributed by atoms with van der Waals surface area (Å²) in [4.78, 5) is 23.4. The van der Waals surface area contributed by atoms with E-state index in [1.807, 2.05) is 24.3 Å². The Morgan fingerprint density at radius 3 is 2.76 bits per heavy atom. The Morgan fingerprint density at radius 2 is 1.95 bits per heavy atom. The fourth-order valence-corrected chi connectivity index (χ4v) is 2.70. The van der Waals surface area contributed by atoms with Crippen molar-refractivity contribution < 1.29 is 9.90 Å². The van der Waals surface area contributed by atoms with Crippen LogP contribution in [0.3, 0.4) is 0 Å². The van der Waals surface area contributed by atoms with E-state index in [4.69, 9.17) is 11.6 Å². The SMILES string of the molecule is O=C(O)c1cc(Cl)cc2nc3c(nc12)[nH]c1ccccc13. The Labute approximate surface area is 123 Å². The van der Waals surface area contributed by atoms with Gasteiger partial charge in [-0.05, 0) is 18.2 Å². The van der Waals surface area contributed by atoms with Crippen LogP contribution in [0.2, 0.25) is 5.02 Å². The first-order valence-corrected chi connectivity index (χ1v) is 6.62. The van der Waals surface area contributed by atoms with Gasteiger partial charge >= 0.3 is 5.97 Å². The summed E-state index contributed by atoms with van der Waals surface area (Å²) in [5.41, 5.74) is 3.02. The molecule has 21 heavy (non-hydrogen) atoms. The Morgan fingerprint density at radius 1 is 1.14 bits per heavy atom. The fourth-order valence-electron chi connectivity index (χ4n) is 2.49. The number of hydrogen-bond donors (Lipinski definition) is 2. The van der Waals surface area contributed by atoms with Crippen molar-refractivity contribution in [3.63, 3.8) is 0 Å². The van der Waals surface area contributed by atoms with Gasteiger partial charge in [-0.15, -0.1) is 0 Å². The van der Waals surface area contributed by atoms with Crippen molar-refractivity contribution in [3.05, 3.63) is 47.0 Å². The van der Waals surface area contributed by atoms with Gasteiger partial charge in [-0.3, -0.25) is 0 Å². The Bertz CT molecular complexity index is 1040. The summed E-state index contributed by atoms with van der Waals surface area (Å²) in [7, 11) is 0. The van der Waals surface area contributed by atoms with Gasteiger partial charge in [0.25, 0.3) is 0 Å². The van der Waals surface area contributed by atoms with E-state index in [2.05, 4.69) is 15.0 Å². The molecule has 0 bridgehead atoms. The van der Waals surface area contributed by atoms with E-state index in [1.54, 1.807) is 6.07 Å². The maximum atomic E-state index is 11.3. The van der Waals surface area contributed by atoms with E-state index in [0.717, 1.165) is 10.9 Å². The lowest BCUT2D eigenvalue weighted by molar-refractivity contribution is 0.0699. The number of carboxylic acid groups (broad SMARTS) is 1. The summed E-state index contributed by atoms with van der Waals surface area (Å²) < 4.78 is 0. The molecule has 0 aliphatic rings. The van der Waals surface area contributed by atoms with Gasteiger partial charge < -0.3 is 10.1 Å². The number of benzene rings is 2.